The van der Waals surface area contributed by atoms with Gasteiger partial charge in [-0.2, -0.15) is 0 Å². The van der Waals surface area contributed by atoms with Crippen LogP contribution in [0.4, 0.5) is 8.78 Å². The van der Waals surface area contributed by atoms with Gasteiger partial charge in [0.15, 0.2) is 4.33 Å². The first-order chi connectivity index (χ1) is 4.46. The number of hydrogen-bond donors (Lipinski definition) is 0. The second-order valence-corrected chi connectivity index (χ2v) is 3.77. The van der Waals surface area contributed by atoms with Crippen molar-refractivity contribution in [2.45, 2.75) is 23.1 Å². The Morgan fingerprint density at radius 2 is 1.60 bits per heavy atom. The number of allylic oxidation sites excluding steroid dienone is 2. The van der Waals surface area contributed by atoms with Crippen LogP contribution in [0.25, 0.3) is 0 Å². The Balaban J connectivity index is 2.84. The van der Waals surface area contributed by atoms with Crippen LogP contribution in [-0.2, 0) is 0 Å². The SMILES string of the molecule is FC1(F)CC=CCC1(Cl)Cl. The number of halogens is 4. The third-order valence-electron chi connectivity index (χ3n) is 1.45. The van der Waals surface area contributed by atoms with Gasteiger partial charge in [-0.1, -0.05) is 35.4 Å². The topological polar surface area (TPSA) is 0 Å². The Hall–Kier alpha value is 0.180. The number of rotatable bonds is 0. The van der Waals surface area contributed by atoms with Gasteiger partial charge in [-0.3, -0.25) is 0 Å². The lowest BCUT2D eigenvalue weighted by molar-refractivity contribution is -0.0164. The molecule has 4 heteroatoms. The molecule has 1 rings (SSSR count). The van der Waals surface area contributed by atoms with E-state index in [0.717, 1.165) is 0 Å². The lowest BCUT2D eigenvalue weighted by atomic mass is 10.0. The Kier molecular flexibility index (Phi) is 1.94. The van der Waals surface area contributed by atoms with Crippen molar-refractivity contribution in [2.75, 3.05) is 0 Å². The summed E-state index contributed by atoms with van der Waals surface area (Å²) >= 11 is 10.7. The second kappa shape index (κ2) is 2.35. The lowest BCUT2D eigenvalue weighted by Crippen LogP contribution is -2.39. The van der Waals surface area contributed by atoms with Gasteiger partial charge in [-0.25, -0.2) is 8.78 Å². The smallest absolute Gasteiger partial charge is 0.203 e. The van der Waals surface area contributed by atoms with Gasteiger partial charge in [0.2, 0.25) is 0 Å². The molecule has 0 aromatic rings. The zero-order valence-electron chi connectivity index (χ0n) is 5.08. The molecule has 0 aliphatic heterocycles. The highest BCUT2D eigenvalue weighted by atomic mass is 35.5. The van der Waals surface area contributed by atoms with Crippen molar-refractivity contribution in [2.24, 2.45) is 0 Å². The average molecular weight is 187 g/mol. The average Bonchev–Trinajstić information content (AvgIpc) is 1.77. The standard InChI is InChI=1S/C6H6Cl2F2/c7-5(8)3-1-2-4-6(5,9)10/h1-2H,3-4H2. The Bertz CT molecular complexity index is 145. The van der Waals surface area contributed by atoms with Crippen LogP contribution in [0.3, 0.4) is 0 Å². The summed E-state index contributed by atoms with van der Waals surface area (Å²) < 4.78 is 23.4. The molecule has 0 aromatic carbocycles. The monoisotopic (exact) mass is 186 g/mol. The Morgan fingerprint density at radius 1 is 1.10 bits per heavy atom. The maximum Gasteiger partial charge on any atom is 0.284 e. The minimum Gasteiger partial charge on any atom is -0.203 e. The number of alkyl halides is 4. The summed E-state index contributed by atoms with van der Waals surface area (Å²) in [4.78, 5) is 0. The molecule has 0 spiro atoms. The molecule has 0 unspecified atom stereocenters. The summed E-state index contributed by atoms with van der Waals surface area (Å²) in [5.74, 6) is -2.98. The molecule has 58 valence electrons. The van der Waals surface area contributed by atoms with Gasteiger partial charge >= 0.3 is 0 Å². The molecule has 0 atom stereocenters. The molecule has 1 aliphatic carbocycles. The summed E-state index contributed by atoms with van der Waals surface area (Å²) in [6.45, 7) is 0. The molecule has 0 amide bonds. The molecule has 0 radical (unpaired) electrons. The van der Waals surface area contributed by atoms with Crippen LogP contribution in [0.2, 0.25) is 0 Å². The van der Waals surface area contributed by atoms with E-state index in [4.69, 9.17) is 23.2 Å². The van der Waals surface area contributed by atoms with Crippen molar-refractivity contribution in [3.05, 3.63) is 12.2 Å². The maximum absolute atomic E-state index is 12.7. The fraction of sp³-hybridized carbons (Fsp3) is 0.667. The lowest BCUT2D eigenvalue weighted by Gasteiger charge is -2.30. The first-order valence-electron chi connectivity index (χ1n) is 2.86. The fourth-order valence-corrected chi connectivity index (χ4v) is 1.09. The first kappa shape index (κ1) is 8.28. The molecule has 0 saturated heterocycles. The molecular weight excluding hydrogens is 181 g/mol. The quantitative estimate of drug-likeness (QED) is 0.403. The molecule has 1 aliphatic rings. The van der Waals surface area contributed by atoms with Crippen LogP contribution in [0.5, 0.6) is 0 Å². The summed E-state index contributed by atoms with van der Waals surface area (Å²) in [5.41, 5.74) is 0. The first-order valence-corrected chi connectivity index (χ1v) is 3.62. The number of hydrogen-bond acceptors (Lipinski definition) is 0. The van der Waals surface area contributed by atoms with E-state index in [0.29, 0.717) is 0 Å². The largest absolute Gasteiger partial charge is 0.284 e. The summed E-state index contributed by atoms with van der Waals surface area (Å²) in [6, 6.07) is 0. The Morgan fingerprint density at radius 3 is 1.90 bits per heavy atom. The van der Waals surface area contributed by atoms with E-state index in [-0.39, 0.29) is 12.8 Å². The van der Waals surface area contributed by atoms with Crippen molar-refractivity contribution < 1.29 is 8.78 Å². The minimum atomic E-state index is -2.98. The van der Waals surface area contributed by atoms with E-state index < -0.39 is 10.3 Å². The van der Waals surface area contributed by atoms with Gasteiger partial charge in [0, 0.05) is 12.8 Å². The van der Waals surface area contributed by atoms with E-state index in [1.807, 2.05) is 0 Å². The van der Waals surface area contributed by atoms with E-state index in [9.17, 15) is 8.78 Å². The van der Waals surface area contributed by atoms with Gasteiger partial charge in [0.1, 0.15) is 0 Å². The van der Waals surface area contributed by atoms with E-state index >= 15 is 0 Å². The molecule has 0 bridgehead atoms. The predicted octanol–water partition coefficient (Wildman–Crippen LogP) is 3.15. The normalized spacial score (nSPS) is 28.4. The summed E-state index contributed by atoms with van der Waals surface area (Å²) in [5, 5.41) is 0. The molecule has 0 nitrogen and oxygen atoms in total. The van der Waals surface area contributed by atoms with Gasteiger partial charge < -0.3 is 0 Å². The molecular formula is C6H6Cl2F2. The highest BCUT2D eigenvalue weighted by molar-refractivity contribution is 6.49. The zero-order chi connectivity index (χ0) is 7.83. The van der Waals surface area contributed by atoms with Crippen molar-refractivity contribution in [3.63, 3.8) is 0 Å². The fourth-order valence-electron chi connectivity index (χ4n) is 0.761. The zero-order valence-corrected chi connectivity index (χ0v) is 6.59. The van der Waals surface area contributed by atoms with Crippen LogP contribution in [0, 0.1) is 0 Å². The van der Waals surface area contributed by atoms with Crippen molar-refractivity contribution in [1.82, 2.24) is 0 Å². The molecule has 0 saturated carbocycles. The van der Waals surface area contributed by atoms with E-state index in [1.54, 1.807) is 6.08 Å². The third kappa shape index (κ3) is 1.28. The van der Waals surface area contributed by atoms with Gasteiger partial charge in [0.05, 0.1) is 0 Å². The molecule has 0 fully saturated rings. The van der Waals surface area contributed by atoms with Gasteiger partial charge in [-0.05, 0) is 0 Å². The van der Waals surface area contributed by atoms with Crippen molar-refractivity contribution in [3.8, 4) is 0 Å². The van der Waals surface area contributed by atoms with Crippen LogP contribution < -0.4 is 0 Å². The predicted molar refractivity (Wildman–Crippen MR) is 37.8 cm³/mol. The summed E-state index contributed by atoms with van der Waals surface area (Å²) in [6.07, 6.45) is 2.61. The summed E-state index contributed by atoms with van der Waals surface area (Å²) in [7, 11) is 0. The van der Waals surface area contributed by atoms with Gasteiger partial charge in [-0.15, -0.1) is 0 Å². The maximum atomic E-state index is 12.7. The molecule has 0 aromatic heterocycles. The highest BCUT2D eigenvalue weighted by Gasteiger charge is 2.51. The van der Waals surface area contributed by atoms with Gasteiger partial charge in [0.25, 0.3) is 5.92 Å². The van der Waals surface area contributed by atoms with Crippen molar-refractivity contribution >= 4 is 23.2 Å². The van der Waals surface area contributed by atoms with Crippen LogP contribution in [0.1, 0.15) is 12.8 Å². The minimum absolute atomic E-state index is 0.0170. The second-order valence-electron chi connectivity index (χ2n) is 2.29. The van der Waals surface area contributed by atoms with E-state index in [2.05, 4.69) is 0 Å². The third-order valence-corrected chi connectivity index (χ3v) is 2.31. The van der Waals surface area contributed by atoms with Crippen molar-refractivity contribution in [1.29, 1.82) is 0 Å². The molecule has 0 N–H and O–H groups in total. The van der Waals surface area contributed by atoms with Crippen LogP contribution in [-0.4, -0.2) is 10.3 Å². The van der Waals surface area contributed by atoms with Crippen LogP contribution >= 0.6 is 23.2 Å². The molecule has 0 heterocycles. The van der Waals surface area contributed by atoms with E-state index in [1.165, 1.54) is 6.08 Å². The Labute approximate surface area is 67.8 Å². The van der Waals surface area contributed by atoms with Crippen LogP contribution in [0.15, 0.2) is 12.2 Å². The highest BCUT2D eigenvalue weighted by Crippen LogP contribution is 2.46. The molecule has 10 heavy (non-hydrogen) atoms.